The van der Waals surface area contributed by atoms with Crippen molar-refractivity contribution in [3.8, 4) is 11.5 Å². The topological polar surface area (TPSA) is 67.9 Å². The highest BCUT2D eigenvalue weighted by Gasteiger charge is 2.35. The fraction of sp³-hybridized carbons (Fsp3) is 0.227. The van der Waals surface area contributed by atoms with Crippen LogP contribution in [0.2, 0.25) is 5.02 Å². The molecule has 0 radical (unpaired) electrons. The van der Waals surface area contributed by atoms with E-state index in [0.29, 0.717) is 34.4 Å². The van der Waals surface area contributed by atoms with Crippen molar-refractivity contribution in [3.63, 3.8) is 0 Å². The summed E-state index contributed by atoms with van der Waals surface area (Å²) in [4.78, 5) is 27.1. The third kappa shape index (κ3) is 4.04. The molecule has 6 nitrogen and oxygen atoms in total. The van der Waals surface area contributed by atoms with Gasteiger partial charge in [0.1, 0.15) is 5.57 Å². The zero-order valence-corrected chi connectivity index (χ0v) is 18.6. The number of rotatable bonds is 5. The second-order valence-electron chi connectivity index (χ2n) is 6.64. The number of halogens is 1. The van der Waals surface area contributed by atoms with E-state index in [0.717, 1.165) is 11.1 Å². The molecule has 156 valence electrons. The number of hydrogen-bond acceptors (Lipinski definition) is 5. The van der Waals surface area contributed by atoms with Crippen molar-refractivity contribution >= 4 is 52.5 Å². The zero-order valence-electron chi connectivity index (χ0n) is 17.0. The third-order valence-electron chi connectivity index (χ3n) is 4.77. The number of carbonyl (C=O) groups excluding carboxylic acids is 2. The summed E-state index contributed by atoms with van der Waals surface area (Å²) in [5.74, 6) is -0.278. The molecule has 1 saturated heterocycles. The van der Waals surface area contributed by atoms with Crippen LogP contribution in [0.25, 0.3) is 6.08 Å². The number of methoxy groups -OCH3 is 1. The Labute approximate surface area is 185 Å². The SMILES string of the molecule is CCOc1c(Cl)cc(/C=C2\C(=O)NC(=S)N(c3cccc(C)c3C)C2=O)cc1OC. The minimum atomic E-state index is -0.574. The molecule has 1 heterocycles. The number of ether oxygens (including phenoxy) is 2. The van der Waals surface area contributed by atoms with E-state index >= 15 is 0 Å². The first kappa shape index (κ1) is 21.8. The molecule has 0 aromatic heterocycles. The highest BCUT2D eigenvalue weighted by Crippen LogP contribution is 2.37. The van der Waals surface area contributed by atoms with Gasteiger partial charge in [0, 0.05) is 0 Å². The Kier molecular flexibility index (Phi) is 6.43. The number of nitrogens with zero attached hydrogens (tertiary/aromatic N) is 1. The Hall–Kier alpha value is -2.90. The maximum atomic E-state index is 13.2. The van der Waals surface area contributed by atoms with Crippen LogP contribution in [0.1, 0.15) is 23.6 Å². The molecule has 30 heavy (non-hydrogen) atoms. The first-order valence-corrected chi connectivity index (χ1v) is 10.0. The molecule has 2 amide bonds. The van der Waals surface area contributed by atoms with Gasteiger partial charge < -0.3 is 9.47 Å². The van der Waals surface area contributed by atoms with Crippen LogP contribution >= 0.6 is 23.8 Å². The number of anilines is 1. The molecule has 3 rings (SSSR count). The summed E-state index contributed by atoms with van der Waals surface area (Å²) in [6.07, 6.45) is 1.46. The second-order valence-corrected chi connectivity index (χ2v) is 7.44. The van der Waals surface area contributed by atoms with Crippen molar-refractivity contribution in [1.82, 2.24) is 5.32 Å². The summed E-state index contributed by atoms with van der Waals surface area (Å²) < 4.78 is 10.9. The lowest BCUT2D eigenvalue weighted by atomic mass is 10.0. The monoisotopic (exact) mass is 444 g/mol. The number of hydrogen-bond donors (Lipinski definition) is 1. The van der Waals surface area contributed by atoms with Gasteiger partial charge in [0.05, 0.1) is 24.4 Å². The molecule has 0 saturated carbocycles. The average Bonchev–Trinajstić information content (AvgIpc) is 2.70. The summed E-state index contributed by atoms with van der Waals surface area (Å²) in [5, 5.41) is 2.94. The molecule has 2 aromatic rings. The van der Waals surface area contributed by atoms with E-state index in [-0.39, 0.29) is 10.7 Å². The van der Waals surface area contributed by atoms with Crippen LogP contribution < -0.4 is 19.7 Å². The maximum absolute atomic E-state index is 13.2. The van der Waals surface area contributed by atoms with Gasteiger partial charge in [0.15, 0.2) is 16.6 Å². The zero-order chi connectivity index (χ0) is 22.0. The number of nitrogens with one attached hydrogen (secondary N) is 1. The van der Waals surface area contributed by atoms with Gasteiger partial charge >= 0.3 is 0 Å². The Morgan fingerprint density at radius 2 is 1.97 bits per heavy atom. The molecule has 1 fully saturated rings. The predicted octanol–water partition coefficient (Wildman–Crippen LogP) is 4.20. The molecule has 8 heteroatoms. The van der Waals surface area contributed by atoms with Gasteiger partial charge in [0.2, 0.25) is 0 Å². The summed E-state index contributed by atoms with van der Waals surface area (Å²) in [7, 11) is 1.49. The lowest BCUT2D eigenvalue weighted by Crippen LogP contribution is -2.54. The minimum absolute atomic E-state index is 0.0400. The van der Waals surface area contributed by atoms with E-state index in [1.165, 1.54) is 18.1 Å². The highest BCUT2D eigenvalue weighted by atomic mass is 35.5. The van der Waals surface area contributed by atoms with Gasteiger partial charge in [-0.15, -0.1) is 0 Å². The van der Waals surface area contributed by atoms with E-state index in [4.69, 9.17) is 33.3 Å². The van der Waals surface area contributed by atoms with Crippen LogP contribution in [0.5, 0.6) is 11.5 Å². The van der Waals surface area contributed by atoms with Crippen molar-refractivity contribution in [2.75, 3.05) is 18.6 Å². The maximum Gasteiger partial charge on any atom is 0.270 e. The molecule has 0 spiro atoms. The Morgan fingerprint density at radius 1 is 1.23 bits per heavy atom. The van der Waals surface area contributed by atoms with Crippen molar-refractivity contribution in [2.45, 2.75) is 20.8 Å². The third-order valence-corrected chi connectivity index (χ3v) is 5.34. The highest BCUT2D eigenvalue weighted by molar-refractivity contribution is 7.80. The van der Waals surface area contributed by atoms with Crippen molar-refractivity contribution in [2.24, 2.45) is 0 Å². The quantitative estimate of drug-likeness (QED) is 0.425. The van der Waals surface area contributed by atoms with Crippen LogP contribution in [-0.4, -0.2) is 30.6 Å². The van der Waals surface area contributed by atoms with Crippen LogP contribution in [0.15, 0.2) is 35.9 Å². The molecule has 1 aliphatic rings. The standard InChI is InChI=1S/C22H21ClN2O4S/c1-5-29-19-16(23)10-14(11-18(19)28-4)9-15-20(26)24-22(30)25(21(15)27)17-8-6-7-12(2)13(17)3/h6-11H,5H2,1-4H3,(H,24,26,30)/b15-9+. The van der Waals surface area contributed by atoms with E-state index in [2.05, 4.69) is 5.32 Å². The first-order chi connectivity index (χ1) is 14.3. The average molecular weight is 445 g/mol. The molecule has 2 aromatic carbocycles. The summed E-state index contributed by atoms with van der Waals surface area (Å²) in [6.45, 7) is 6.10. The molecule has 0 unspecified atom stereocenters. The van der Waals surface area contributed by atoms with E-state index in [9.17, 15) is 9.59 Å². The van der Waals surface area contributed by atoms with Crippen LogP contribution in [0.4, 0.5) is 5.69 Å². The van der Waals surface area contributed by atoms with Crippen LogP contribution in [0.3, 0.4) is 0 Å². The van der Waals surface area contributed by atoms with E-state index in [1.54, 1.807) is 18.2 Å². The normalized spacial score (nSPS) is 15.4. The number of aryl methyl sites for hydroxylation is 1. The molecule has 1 aliphatic heterocycles. The van der Waals surface area contributed by atoms with Gasteiger partial charge in [-0.05, 0) is 74.0 Å². The lowest BCUT2D eigenvalue weighted by Gasteiger charge is -2.30. The lowest BCUT2D eigenvalue weighted by molar-refractivity contribution is -0.122. The molecule has 0 atom stereocenters. The van der Waals surface area contributed by atoms with Gasteiger partial charge in [-0.2, -0.15) is 0 Å². The molecule has 1 N–H and O–H groups in total. The summed E-state index contributed by atoms with van der Waals surface area (Å²) >= 11 is 11.6. The fourth-order valence-electron chi connectivity index (χ4n) is 3.13. The van der Waals surface area contributed by atoms with E-state index < -0.39 is 11.8 Å². The molecule has 0 bridgehead atoms. The summed E-state index contributed by atoms with van der Waals surface area (Å²) in [5.41, 5.74) is 2.99. The number of amides is 2. The largest absolute Gasteiger partial charge is 0.493 e. The minimum Gasteiger partial charge on any atom is -0.493 e. The number of benzene rings is 2. The second kappa shape index (κ2) is 8.85. The number of thiocarbonyl (C=S) groups is 1. The van der Waals surface area contributed by atoms with Crippen molar-refractivity contribution in [3.05, 3.63) is 57.6 Å². The van der Waals surface area contributed by atoms with Crippen LogP contribution in [0, 0.1) is 13.8 Å². The van der Waals surface area contributed by atoms with Crippen molar-refractivity contribution in [1.29, 1.82) is 0 Å². The van der Waals surface area contributed by atoms with E-state index in [1.807, 2.05) is 32.9 Å². The number of carbonyl (C=O) groups is 2. The van der Waals surface area contributed by atoms with Gasteiger partial charge in [-0.25, -0.2) is 0 Å². The summed E-state index contributed by atoms with van der Waals surface area (Å²) in [6, 6.07) is 8.83. The first-order valence-electron chi connectivity index (χ1n) is 9.26. The molecular formula is C22H21ClN2O4S. The Morgan fingerprint density at radius 3 is 2.63 bits per heavy atom. The molecule has 0 aliphatic carbocycles. The van der Waals surface area contributed by atoms with Crippen molar-refractivity contribution < 1.29 is 19.1 Å². The van der Waals surface area contributed by atoms with Gasteiger partial charge in [-0.3, -0.25) is 19.8 Å². The fourth-order valence-corrected chi connectivity index (χ4v) is 3.68. The molecular weight excluding hydrogens is 424 g/mol. The smallest absolute Gasteiger partial charge is 0.270 e. The Balaban J connectivity index is 2.07. The van der Waals surface area contributed by atoms with Gasteiger partial charge in [-0.1, -0.05) is 23.7 Å². The van der Waals surface area contributed by atoms with Crippen LogP contribution in [-0.2, 0) is 9.59 Å². The van der Waals surface area contributed by atoms with Gasteiger partial charge in [0.25, 0.3) is 11.8 Å². The Bertz CT molecular complexity index is 1080. The predicted molar refractivity (Wildman–Crippen MR) is 121 cm³/mol.